The van der Waals surface area contributed by atoms with Crippen LogP contribution in [0.5, 0.6) is 0 Å². The molecule has 4 heteroatoms. The summed E-state index contributed by atoms with van der Waals surface area (Å²) < 4.78 is 2.31. The molecule has 0 saturated carbocycles. The molecule has 1 heterocycles. The average molecular weight is 329 g/mol. The molecule has 0 aromatic rings. The van der Waals surface area contributed by atoms with Crippen molar-refractivity contribution in [2.24, 2.45) is 0 Å². The van der Waals surface area contributed by atoms with E-state index in [9.17, 15) is 5.11 Å². The number of rotatable bonds is 7. The number of aliphatic hydroxyl groups is 1. The topological polar surface area (TPSA) is 23.2 Å². The highest BCUT2D eigenvalue weighted by Gasteiger charge is 2.39. The quantitative estimate of drug-likeness (QED) is 0.335. The summed E-state index contributed by atoms with van der Waals surface area (Å²) >= 11 is 2.30. The molecule has 0 bridgehead atoms. The van der Waals surface area contributed by atoms with Gasteiger partial charge in [0.05, 0.1) is 5.60 Å². The van der Waals surface area contributed by atoms with E-state index < -0.39 is 5.60 Å². The van der Waals surface area contributed by atoms with Crippen molar-refractivity contribution in [2.45, 2.75) is 57.6 Å². The summed E-state index contributed by atoms with van der Waals surface area (Å²) in [6.45, 7) is 5.33. The van der Waals surface area contributed by atoms with E-state index in [1.165, 1.54) is 12.8 Å². The molecular formula is C10H20INOS. The van der Waals surface area contributed by atoms with E-state index in [-0.39, 0.29) is 0 Å². The van der Waals surface area contributed by atoms with Gasteiger partial charge in [0.2, 0.25) is 0 Å². The van der Waals surface area contributed by atoms with Crippen LogP contribution in [0, 0.1) is 0 Å². The van der Waals surface area contributed by atoms with Crippen LogP contribution in [-0.2, 0) is 0 Å². The van der Waals surface area contributed by atoms with E-state index in [2.05, 4.69) is 32.4 Å². The lowest BCUT2D eigenvalue weighted by molar-refractivity contribution is 0.0380. The summed E-state index contributed by atoms with van der Waals surface area (Å²) in [5, 5.41) is 10.1. The van der Waals surface area contributed by atoms with E-state index in [1.54, 1.807) is 9.12 Å². The Balaban J connectivity index is 2.14. The van der Waals surface area contributed by atoms with Gasteiger partial charge in [-0.15, -0.1) is 0 Å². The molecule has 0 amide bonds. The van der Waals surface area contributed by atoms with E-state index in [0.717, 1.165) is 25.8 Å². The first-order valence-corrected chi connectivity index (χ1v) is 8.68. The van der Waals surface area contributed by atoms with Crippen LogP contribution in [0.1, 0.15) is 46.0 Å². The van der Waals surface area contributed by atoms with Crippen LogP contribution < -0.4 is 0 Å². The Morgan fingerprint density at radius 1 is 1.57 bits per heavy atom. The van der Waals surface area contributed by atoms with E-state index in [0.29, 0.717) is 6.04 Å². The Morgan fingerprint density at radius 2 is 2.29 bits per heavy atom. The molecule has 14 heavy (non-hydrogen) atoms. The highest BCUT2D eigenvalue weighted by atomic mass is 127. The lowest BCUT2D eigenvalue weighted by Gasteiger charge is -2.22. The normalized spacial score (nSPS) is 30.0. The first-order chi connectivity index (χ1) is 6.59. The Labute approximate surface area is 104 Å². The molecule has 0 spiro atoms. The summed E-state index contributed by atoms with van der Waals surface area (Å²) in [6, 6.07) is 0.619. The van der Waals surface area contributed by atoms with Crippen LogP contribution in [-0.4, -0.2) is 27.6 Å². The van der Waals surface area contributed by atoms with Crippen molar-refractivity contribution in [3.05, 3.63) is 0 Å². The third kappa shape index (κ3) is 4.68. The maximum Gasteiger partial charge on any atom is 0.0635 e. The standard InChI is InChI=1S/C10H20INOS/c1-3-4-5-6-10(2,13)7-9-8-12(9)14-11/h9,13H,3-8H2,1-2H3. The first-order valence-electron chi connectivity index (χ1n) is 5.37. The maximum absolute atomic E-state index is 10.1. The molecule has 1 aliphatic heterocycles. The molecule has 1 aliphatic rings. The van der Waals surface area contributed by atoms with Crippen LogP contribution >= 0.6 is 30.3 Å². The smallest absolute Gasteiger partial charge is 0.0635 e. The highest BCUT2D eigenvalue weighted by molar-refractivity contribution is 14.2. The Bertz CT molecular complexity index is 178. The Morgan fingerprint density at radius 3 is 2.79 bits per heavy atom. The zero-order chi connectivity index (χ0) is 10.6. The fourth-order valence-corrected chi connectivity index (χ4v) is 3.64. The van der Waals surface area contributed by atoms with Gasteiger partial charge in [-0.05, 0) is 28.9 Å². The SMILES string of the molecule is CCCCCC(C)(O)CC1CN1SI. The molecule has 3 atom stereocenters. The Hall–Kier alpha value is 1.00. The van der Waals surface area contributed by atoms with Gasteiger partial charge in [0.1, 0.15) is 0 Å². The Kier molecular flexibility index (Phi) is 5.52. The largest absolute Gasteiger partial charge is 0.390 e. The van der Waals surface area contributed by atoms with Crippen LogP contribution in [0.4, 0.5) is 0 Å². The molecule has 0 aromatic carbocycles. The molecule has 3 unspecified atom stereocenters. The maximum atomic E-state index is 10.1. The van der Waals surface area contributed by atoms with E-state index in [4.69, 9.17) is 0 Å². The van der Waals surface area contributed by atoms with Crippen LogP contribution in [0.25, 0.3) is 0 Å². The molecule has 0 aromatic heterocycles. The molecule has 1 fully saturated rings. The third-order valence-electron chi connectivity index (χ3n) is 2.75. The molecule has 1 N–H and O–H groups in total. The first kappa shape index (κ1) is 13.1. The van der Waals surface area contributed by atoms with Crippen molar-refractivity contribution in [1.82, 2.24) is 4.31 Å². The van der Waals surface area contributed by atoms with Crippen molar-refractivity contribution in [3.8, 4) is 0 Å². The third-order valence-corrected chi connectivity index (χ3v) is 4.89. The van der Waals surface area contributed by atoms with Crippen LogP contribution in [0.3, 0.4) is 0 Å². The van der Waals surface area contributed by atoms with Crippen LogP contribution in [0.15, 0.2) is 0 Å². The molecule has 0 radical (unpaired) electrons. The minimum Gasteiger partial charge on any atom is -0.390 e. The molecule has 0 aliphatic carbocycles. The zero-order valence-electron chi connectivity index (χ0n) is 9.00. The fourth-order valence-electron chi connectivity index (χ4n) is 1.78. The summed E-state index contributed by atoms with van der Waals surface area (Å²) in [7, 11) is 1.76. The molecule has 1 rings (SSSR count). The lowest BCUT2D eigenvalue weighted by atomic mass is 9.93. The second kappa shape index (κ2) is 5.92. The summed E-state index contributed by atoms with van der Waals surface area (Å²) in [5.41, 5.74) is -0.443. The molecular weight excluding hydrogens is 309 g/mol. The molecule has 2 nitrogen and oxygen atoms in total. The second-order valence-electron chi connectivity index (χ2n) is 4.48. The van der Waals surface area contributed by atoms with Crippen molar-refractivity contribution in [1.29, 1.82) is 0 Å². The summed E-state index contributed by atoms with van der Waals surface area (Å²) in [4.78, 5) is 0. The van der Waals surface area contributed by atoms with E-state index in [1.807, 2.05) is 6.92 Å². The molecule has 84 valence electrons. The van der Waals surface area contributed by atoms with Gasteiger partial charge in [-0.3, -0.25) is 0 Å². The average Bonchev–Trinajstić information content (AvgIpc) is 2.82. The molecule has 1 saturated heterocycles. The van der Waals surface area contributed by atoms with Crippen LogP contribution in [0.2, 0.25) is 0 Å². The monoisotopic (exact) mass is 329 g/mol. The van der Waals surface area contributed by atoms with Gasteiger partial charge < -0.3 is 5.11 Å². The second-order valence-corrected chi connectivity index (χ2v) is 6.27. The van der Waals surface area contributed by atoms with Gasteiger partial charge in [0, 0.05) is 33.8 Å². The number of nitrogens with zero attached hydrogens (tertiary/aromatic N) is 1. The summed E-state index contributed by atoms with van der Waals surface area (Å²) in [6.07, 6.45) is 5.53. The number of hydrogen-bond donors (Lipinski definition) is 1. The predicted molar refractivity (Wildman–Crippen MR) is 71.5 cm³/mol. The summed E-state index contributed by atoms with van der Waals surface area (Å²) in [5.74, 6) is 0. The minimum atomic E-state index is -0.443. The predicted octanol–water partition coefficient (Wildman–Crippen LogP) is 3.39. The van der Waals surface area contributed by atoms with Gasteiger partial charge >= 0.3 is 0 Å². The number of hydrogen-bond acceptors (Lipinski definition) is 3. The van der Waals surface area contributed by atoms with Gasteiger partial charge in [-0.1, -0.05) is 26.2 Å². The van der Waals surface area contributed by atoms with Gasteiger partial charge in [-0.2, -0.15) is 0 Å². The number of halogens is 1. The number of unbranched alkanes of at least 4 members (excludes halogenated alkanes) is 2. The minimum absolute atomic E-state index is 0.443. The van der Waals surface area contributed by atoms with Gasteiger partial charge in [0.15, 0.2) is 0 Å². The van der Waals surface area contributed by atoms with Crippen molar-refractivity contribution in [2.75, 3.05) is 6.54 Å². The fraction of sp³-hybridized carbons (Fsp3) is 1.00. The van der Waals surface area contributed by atoms with Gasteiger partial charge in [-0.25, -0.2) is 4.31 Å². The zero-order valence-corrected chi connectivity index (χ0v) is 12.0. The van der Waals surface area contributed by atoms with E-state index >= 15 is 0 Å². The van der Waals surface area contributed by atoms with Gasteiger partial charge in [0.25, 0.3) is 0 Å². The van der Waals surface area contributed by atoms with Crippen molar-refractivity contribution < 1.29 is 5.11 Å². The van der Waals surface area contributed by atoms with Crippen molar-refractivity contribution >= 4 is 30.3 Å². The van der Waals surface area contributed by atoms with Crippen molar-refractivity contribution in [3.63, 3.8) is 0 Å². The lowest BCUT2D eigenvalue weighted by Crippen LogP contribution is -2.26. The highest BCUT2D eigenvalue weighted by Crippen LogP contribution is 2.38.